The van der Waals surface area contributed by atoms with E-state index in [-0.39, 0.29) is 11.8 Å². The molecule has 1 aliphatic carbocycles. The molecule has 2 heterocycles. The fourth-order valence-electron chi connectivity index (χ4n) is 4.00. The highest BCUT2D eigenvalue weighted by atomic mass is 16.5. The van der Waals surface area contributed by atoms with E-state index in [9.17, 15) is 5.26 Å². The number of hydrogen-bond donors (Lipinski definition) is 1. The summed E-state index contributed by atoms with van der Waals surface area (Å²) in [6, 6.07) is 10.4. The summed E-state index contributed by atoms with van der Waals surface area (Å²) in [6.07, 6.45) is 8.86. The van der Waals surface area contributed by atoms with Crippen molar-refractivity contribution in [1.82, 2.24) is 9.55 Å². The number of benzene rings is 1. The number of nitrogens with zero attached hydrogens (tertiary/aromatic N) is 4. The van der Waals surface area contributed by atoms with E-state index in [1.54, 1.807) is 12.5 Å². The summed E-state index contributed by atoms with van der Waals surface area (Å²) in [4.78, 5) is 8.70. The molecule has 0 saturated heterocycles. The maximum Gasteiger partial charge on any atom is 0.205 e. The number of rotatable bonds is 4. The van der Waals surface area contributed by atoms with Gasteiger partial charge in [0.2, 0.25) is 5.88 Å². The Kier molecular flexibility index (Phi) is 4.74. The molecular weight excluding hydrogens is 350 g/mol. The zero-order valence-electron chi connectivity index (χ0n) is 16.1. The molecule has 0 radical (unpaired) electrons. The van der Waals surface area contributed by atoms with Crippen LogP contribution in [0.2, 0.25) is 0 Å². The topological polar surface area (TPSA) is 89.2 Å². The van der Waals surface area contributed by atoms with Gasteiger partial charge in [0.05, 0.1) is 12.2 Å². The quantitative estimate of drug-likeness (QED) is 0.825. The lowest BCUT2D eigenvalue weighted by Gasteiger charge is -2.34. The van der Waals surface area contributed by atoms with Crippen molar-refractivity contribution in [2.24, 2.45) is 16.6 Å². The number of ether oxygens (including phenoxy) is 1. The third kappa shape index (κ3) is 2.99. The van der Waals surface area contributed by atoms with Crippen LogP contribution in [0.3, 0.4) is 0 Å². The highest BCUT2D eigenvalue weighted by Crippen LogP contribution is 2.43. The molecule has 1 aromatic heterocycles. The first-order valence-corrected chi connectivity index (χ1v) is 9.47. The summed E-state index contributed by atoms with van der Waals surface area (Å²) in [5.41, 5.74) is 10.6. The van der Waals surface area contributed by atoms with Crippen LogP contribution in [-0.2, 0) is 4.74 Å². The molecule has 2 aliphatic rings. The normalized spacial score (nSPS) is 20.6. The van der Waals surface area contributed by atoms with Crippen LogP contribution in [0.25, 0.3) is 5.69 Å². The van der Waals surface area contributed by atoms with Crippen LogP contribution in [0.15, 0.2) is 70.8 Å². The molecular formula is C22H23N5O. The third-order valence-corrected chi connectivity index (χ3v) is 5.64. The van der Waals surface area contributed by atoms with Gasteiger partial charge >= 0.3 is 0 Å². The van der Waals surface area contributed by atoms with Crippen molar-refractivity contribution in [1.29, 1.82) is 5.26 Å². The number of nitrogens with two attached hydrogens (primary N) is 1. The second kappa shape index (κ2) is 7.35. The summed E-state index contributed by atoms with van der Waals surface area (Å²) in [5.74, 6) is 1.06. The van der Waals surface area contributed by atoms with E-state index in [2.05, 4.69) is 16.0 Å². The molecule has 0 spiro atoms. The van der Waals surface area contributed by atoms with Gasteiger partial charge in [0.1, 0.15) is 17.4 Å². The maximum absolute atomic E-state index is 9.82. The van der Waals surface area contributed by atoms with Crippen LogP contribution in [0, 0.1) is 17.2 Å². The molecule has 6 heteroatoms. The van der Waals surface area contributed by atoms with E-state index in [0.717, 1.165) is 41.1 Å². The average molecular weight is 373 g/mol. The molecule has 1 fully saturated rings. The lowest BCUT2D eigenvalue weighted by Crippen LogP contribution is -2.31. The summed E-state index contributed by atoms with van der Waals surface area (Å²) in [7, 11) is 1.82. The Hall–Kier alpha value is -3.33. The number of hydrogen-bond acceptors (Lipinski definition) is 5. The van der Waals surface area contributed by atoms with E-state index < -0.39 is 0 Å². The Labute approximate surface area is 164 Å². The van der Waals surface area contributed by atoms with E-state index in [4.69, 9.17) is 10.5 Å². The fourth-order valence-corrected chi connectivity index (χ4v) is 4.00. The van der Waals surface area contributed by atoms with Crippen LogP contribution < -0.4 is 5.73 Å². The number of nitriles is 1. The second-order valence-electron chi connectivity index (χ2n) is 7.19. The molecule has 1 aliphatic heterocycles. The molecule has 2 N–H and O–H groups in total. The van der Waals surface area contributed by atoms with E-state index in [0.29, 0.717) is 11.5 Å². The molecule has 142 valence electrons. The monoisotopic (exact) mass is 373 g/mol. The van der Waals surface area contributed by atoms with Crippen molar-refractivity contribution in [3.05, 3.63) is 71.3 Å². The molecule has 1 saturated carbocycles. The van der Waals surface area contributed by atoms with Gasteiger partial charge in [-0.15, -0.1) is 0 Å². The lowest BCUT2D eigenvalue weighted by molar-refractivity contribution is 0.282. The van der Waals surface area contributed by atoms with Crippen LogP contribution in [-0.4, -0.2) is 22.3 Å². The van der Waals surface area contributed by atoms with Gasteiger partial charge in [-0.3, -0.25) is 4.99 Å². The highest BCUT2D eigenvalue weighted by molar-refractivity contribution is 6.04. The Bertz CT molecular complexity index is 1000. The van der Waals surface area contributed by atoms with Gasteiger partial charge in [-0.1, -0.05) is 18.6 Å². The van der Waals surface area contributed by atoms with E-state index in [1.165, 1.54) is 6.42 Å². The summed E-state index contributed by atoms with van der Waals surface area (Å²) in [5, 5.41) is 9.82. The van der Waals surface area contributed by atoms with Crippen LogP contribution in [0.5, 0.6) is 0 Å². The standard InChI is InChI=1S/C22H23N5O/c1-14-19(21(25-2)16-4-3-5-16)20(18(12-23)22(24)28-14)15-6-8-17(9-7-15)27-11-10-26-13-27/h6-11,13,16,20H,3-5,24H2,1-2H3. The number of aromatic nitrogens is 2. The molecule has 1 unspecified atom stereocenters. The van der Waals surface area contributed by atoms with Crippen molar-refractivity contribution < 1.29 is 4.74 Å². The molecule has 6 nitrogen and oxygen atoms in total. The van der Waals surface area contributed by atoms with Crippen molar-refractivity contribution in [2.45, 2.75) is 32.1 Å². The number of allylic oxidation sites excluding steroid dienone is 3. The van der Waals surface area contributed by atoms with Gasteiger partial charge in [0, 0.05) is 42.3 Å². The Morgan fingerprint density at radius 2 is 2.07 bits per heavy atom. The molecule has 0 bridgehead atoms. The predicted octanol–water partition coefficient (Wildman–Crippen LogP) is 3.82. The summed E-state index contributed by atoms with van der Waals surface area (Å²) in [6.45, 7) is 1.91. The van der Waals surface area contributed by atoms with Gasteiger partial charge in [-0.2, -0.15) is 5.26 Å². The second-order valence-corrected chi connectivity index (χ2v) is 7.19. The number of aliphatic imine (C=N–C) groups is 1. The zero-order chi connectivity index (χ0) is 19.7. The van der Waals surface area contributed by atoms with Crippen LogP contribution in [0.4, 0.5) is 0 Å². The summed E-state index contributed by atoms with van der Waals surface area (Å²) < 4.78 is 7.70. The van der Waals surface area contributed by atoms with E-state index >= 15 is 0 Å². The van der Waals surface area contributed by atoms with E-state index in [1.807, 2.05) is 49.0 Å². The van der Waals surface area contributed by atoms with Crippen molar-refractivity contribution >= 4 is 5.71 Å². The first kappa shape index (κ1) is 18.1. The molecule has 4 rings (SSSR count). The third-order valence-electron chi connectivity index (χ3n) is 5.64. The Balaban J connectivity index is 1.79. The average Bonchev–Trinajstić information content (AvgIpc) is 3.19. The fraction of sp³-hybridized carbons (Fsp3) is 0.318. The Morgan fingerprint density at radius 1 is 1.32 bits per heavy atom. The molecule has 1 atom stereocenters. The highest BCUT2D eigenvalue weighted by Gasteiger charge is 2.37. The van der Waals surface area contributed by atoms with Gasteiger partial charge < -0.3 is 15.0 Å². The minimum absolute atomic E-state index is 0.177. The minimum Gasteiger partial charge on any atom is -0.445 e. The van der Waals surface area contributed by atoms with Crippen LogP contribution >= 0.6 is 0 Å². The van der Waals surface area contributed by atoms with Crippen molar-refractivity contribution in [3.63, 3.8) is 0 Å². The molecule has 2 aromatic rings. The van der Waals surface area contributed by atoms with Crippen LogP contribution in [0.1, 0.15) is 37.7 Å². The lowest BCUT2D eigenvalue weighted by atomic mass is 9.72. The first-order chi connectivity index (χ1) is 13.6. The van der Waals surface area contributed by atoms with Gasteiger partial charge in [-0.25, -0.2) is 4.98 Å². The predicted molar refractivity (Wildman–Crippen MR) is 108 cm³/mol. The summed E-state index contributed by atoms with van der Waals surface area (Å²) >= 11 is 0. The van der Waals surface area contributed by atoms with Crippen molar-refractivity contribution in [2.75, 3.05) is 7.05 Å². The maximum atomic E-state index is 9.82. The molecule has 0 amide bonds. The largest absolute Gasteiger partial charge is 0.445 e. The minimum atomic E-state index is -0.269. The first-order valence-electron chi connectivity index (χ1n) is 9.47. The van der Waals surface area contributed by atoms with Gasteiger partial charge in [0.15, 0.2) is 0 Å². The van der Waals surface area contributed by atoms with Gasteiger partial charge in [0.25, 0.3) is 0 Å². The zero-order valence-corrected chi connectivity index (χ0v) is 16.1. The smallest absolute Gasteiger partial charge is 0.205 e. The molecule has 1 aromatic carbocycles. The number of imidazole rings is 1. The molecule has 28 heavy (non-hydrogen) atoms. The SMILES string of the molecule is CN=C(C1=C(C)OC(N)=C(C#N)C1c1ccc(-n2ccnc2)cc1)C1CCC1. The van der Waals surface area contributed by atoms with Crippen molar-refractivity contribution in [3.8, 4) is 11.8 Å². The Morgan fingerprint density at radius 3 is 2.61 bits per heavy atom. The van der Waals surface area contributed by atoms with Gasteiger partial charge in [-0.05, 0) is 37.5 Å².